The number of carbonyl (C=O) groups is 2. The number of halogens is 1. The highest BCUT2D eigenvalue weighted by atomic mass is 35.5. The molecule has 0 aromatic heterocycles. The number of nitrogens with zero attached hydrogens (tertiary/aromatic N) is 2. The molecule has 8 nitrogen and oxygen atoms in total. The van der Waals surface area contributed by atoms with Gasteiger partial charge in [-0.1, -0.05) is 17.7 Å². The number of nitro benzene ring substituents is 1. The number of nitrogens with one attached hydrogen (secondary N) is 2. The molecule has 2 rings (SSSR count). The summed E-state index contributed by atoms with van der Waals surface area (Å²) in [5.74, 6) is -0.840. The Hall–Kier alpha value is -3.26. The number of anilines is 1. The zero-order valence-corrected chi connectivity index (χ0v) is 14.5. The highest BCUT2D eigenvalue weighted by Crippen LogP contribution is 2.17. The predicted molar refractivity (Wildman–Crippen MR) is 98.4 cm³/mol. The molecule has 9 heteroatoms. The first-order valence-corrected chi connectivity index (χ1v) is 7.86. The number of amides is 2. The van der Waals surface area contributed by atoms with Crippen LogP contribution in [0.4, 0.5) is 11.4 Å². The monoisotopic (exact) mass is 374 g/mol. The van der Waals surface area contributed by atoms with E-state index in [0.717, 1.165) is 0 Å². The molecular formula is C17H15ClN4O4. The van der Waals surface area contributed by atoms with E-state index in [1.807, 2.05) is 0 Å². The Bertz CT molecular complexity index is 865. The number of hydrogen-bond donors (Lipinski definition) is 2. The first-order chi connectivity index (χ1) is 12.3. The van der Waals surface area contributed by atoms with Gasteiger partial charge in [0.2, 0.25) is 5.91 Å². The molecular weight excluding hydrogens is 360 g/mol. The second-order valence-electron chi connectivity index (χ2n) is 5.33. The third-order valence-electron chi connectivity index (χ3n) is 3.21. The van der Waals surface area contributed by atoms with Gasteiger partial charge in [-0.05, 0) is 37.3 Å². The molecule has 0 aliphatic carbocycles. The Morgan fingerprint density at radius 2 is 1.88 bits per heavy atom. The molecule has 0 saturated carbocycles. The van der Waals surface area contributed by atoms with E-state index in [1.165, 1.54) is 18.2 Å². The zero-order chi connectivity index (χ0) is 19.1. The van der Waals surface area contributed by atoms with Crippen molar-refractivity contribution >= 4 is 40.5 Å². The first kappa shape index (κ1) is 19.1. The zero-order valence-electron chi connectivity index (χ0n) is 13.7. The lowest BCUT2D eigenvalue weighted by Gasteiger charge is -2.05. The molecule has 26 heavy (non-hydrogen) atoms. The van der Waals surface area contributed by atoms with Crippen LogP contribution in [0.15, 0.2) is 53.6 Å². The van der Waals surface area contributed by atoms with Crippen LogP contribution in [0.25, 0.3) is 0 Å². The molecule has 134 valence electrons. The fourth-order valence-electron chi connectivity index (χ4n) is 1.99. The molecule has 0 aliphatic heterocycles. The Kier molecular flexibility index (Phi) is 6.40. The van der Waals surface area contributed by atoms with Crippen molar-refractivity contribution in [3.8, 4) is 0 Å². The fraction of sp³-hybridized carbons (Fsp3) is 0.118. The molecule has 2 aromatic carbocycles. The van der Waals surface area contributed by atoms with Crippen LogP contribution >= 0.6 is 11.6 Å². The highest BCUT2D eigenvalue weighted by Gasteiger charge is 2.10. The van der Waals surface area contributed by atoms with E-state index in [4.69, 9.17) is 11.6 Å². The van der Waals surface area contributed by atoms with Crippen LogP contribution < -0.4 is 10.7 Å². The van der Waals surface area contributed by atoms with Crippen LogP contribution in [-0.4, -0.2) is 22.4 Å². The topological polar surface area (TPSA) is 114 Å². The van der Waals surface area contributed by atoms with Gasteiger partial charge in [0.25, 0.3) is 11.6 Å². The highest BCUT2D eigenvalue weighted by molar-refractivity contribution is 6.30. The van der Waals surface area contributed by atoms with Gasteiger partial charge in [-0.15, -0.1) is 0 Å². The van der Waals surface area contributed by atoms with E-state index in [1.54, 1.807) is 37.3 Å². The van der Waals surface area contributed by atoms with Crippen LogP contribution in [0, 0.1) is 10.1 Å². The van der Waals surface area contributed by atoms with E-state index in [2.05, 4.69) is 15.8 Å². The summed E-state index contributed by atoms with van der Waals surface area (Å²) in [5, 5.41) is 17.6. The number of rotatable bonds is 6. The van der Waals surface area contributed by atoms with E-state index >= 15 is 0 Å². The van der Waals surface area contributed by atoms with Crippen LogP contribution in [0.2, 0.25) is 5.02 Å². The minimum Gasteiger partial charge on any atom is -0.326 e. The molecule has 2 N–H and O–H groups in total. The van der Waals surface area contributed by atoms with E-state index in [0.29, 0.717) is 22.0 Å². The van der Waals surface area contributed by atoms with Crippen molar-refractivity contribution in [2.45, 2.75) is 13.3 Å². The van der Waals surface area contributed by atoms with Gasteiger partial charge in [0.05, 0.1) is 11.3 Å². The molecule has 0 bridgehead atoms. The van der Waals surface area contributed by atoms with E-state index < -0.39 is 16.7 Å². The Balaban J connectivity index is 1.90. The first-order valence-electron chi connectivity index (χ1n) is 7.48. The molecule has 0 saturated heterocycles. The SMILES string of the molecule is CC(CC(=O)Nc1cccc([N+](=O)[O-])c1)=NNC(=O)c1ccc(Cl)cc1. The standard InChI is InChI=1S/C17H15ClN4O4/c1-11(20-21-17(24)12-5-7-13(18)8-6-12)9-16(23)19-14-3-2-4-15(10-14)22(25)26/h2-8,10H,9H2,1H3,(H,19,23)(H,21,24). The van der Waals surface area contributed by atoms with Crippen LogP contribution in [0.5, 0.6) is 0 Å². The molecule has 0 heterocycles. The second kappa shape index (κ2) is 8.72. The van der Waals surface area contributed by atoms with Crippen molar-refractivity contribution in [3.05, 3.63) is 69.2 Å². The lowest BCUT2D eigenvalue weighted by Crippen LogP contribution is -2.21. The fourth-order valence-corrected chi connectivity index (χ4v) is 2.11. The van der Waals surface area contributed by atoms with Gasteiger partial charge in [-0.3, -0.25) is 19.7 Å². The van der Waals surface area contributed by atoms with Crippen molar-refractivity contribution in [1.82, 2.24) is 5.43 Å². The van der Waals surface area contributed by atoms with Gasteiger partial charge in [-0.2, -0.15) is 5.10 Å². The van der Waals surface area contributed by atoms with Gasteiger partial charge < -0.3 is 5.32 Å². The minimum absolute atomic E-state index is 0.0798. The Labute approximate surface area is 154 Å². The molecule has 2 aromatic rings. The predicted octanol–water partition coefficient (Wildman–Crippen LogP) is 3.38. The summed E-state index contributed by atoms with van der Waals surface area (Å²) in [6.45, 7) is 1.58. The minimum atomic E-state index is -0.547. The lowest BCUT2D eigenvalue weighted by atomic mass is 10.2. The molecule has 2 amide bonds. The average Bonchev–Trinajstić information content (AvgIpc) is 2.60. The summed E-state index contributed by atoms with van der Waals surface area (Å²) in [6.07, 6.45) is -0.0798. The summed E-state index contributed by atoms with van der Waals surface area (Å²) in [4.78, 5) is 34.1. The number of carbonyl (C=O) groups excluding carboxylic acids is 2. The van der Waals surface area contributed by atoms with Crippen LogP contribution in [-0.2, 0) is 4.79 Å². The number of benzene rings is 2. The smallest absolute Gasteiger partial charge is 0.271 e. The third kappa shape index (κ3) is 5.67. The van der Waals surface area contributed by atoms with Gasteiger partial charge in [-0.25, -0.2) is 5.43 Å². The van der Waals surface area contributed by atoms with Gasteiger partial charge in [0, 0.05) is 34.1 Å². The second-order valence-corrected chi connectivity index (χ2v) is 5.76. The Morgan fingerprint density at radius 1 is 1.19 bits per heavy atom. The molecule has 0 spiro atoms. The Morgan fingerprint density at radius 3 is 2.54 bits per heavy atom. The van der Waals surface area contributed by atoms with E-state index in [-0.39, 0.29) is 12.1 Å². The maximum atomic E-state index is 12.0. The molecule has 0 radical (unpaired) electrons. The van der Waals surface area contributed by atoms with Crippen molar-refractivity contribution < 1.29 is 14.5 Å². The quantitative estimate of drug-likeness (QED) is 0.458. The third-order valence-corrected chi connectivity index (χ3v) is 3.46. The van der Waals surface area contributed by atoms with Gasteiger partial charge >= 0.3 is 0 Å². The normalized spacial score (nSPS) is 10.9. The summed E-state index contributed by atoms with van der Waals surface area (Å²) in [7, 11) is 0. The molecule has 0 atom stereocenters. The average molecular weight is 375 g/mol. The van der Waals surface area contributed by atoms with Crippen molar-refractivity contribution in [3.63, 3.8) is 0 Å². The van der Waals surface area contributed by atoms with Crippen molar-refractivity contribution in [2.75, 3.05) is 5.32 Å². The molecule has 0 unspecified atom stereocenters. The van der Waals surface area contributed by atoms with Crippen molar-refractivity contribution in [2.24, 2.45) is 5.10 Å². The summed E-state index contributed by atoms with van der Waals surface area (Å²) >= 11 is 5.75. The maximum absolute atomic E-state index is 12.0. The van der Waals surface area contributed by atoms with Gasteiger partial charge in [0.1, 0.15) is 0 Å². The van der Waals surface area contributed by atoms with Crippen LogP contribution in [0.1, 0.15) is 23.7 Å². The lowest BCUT2D eigenvalue weighted by molar-refractivity contribution is -0.384. The summed E-state index contributed by atoms with van der Waals surface area (Å²) in [5.41, 5.74) is 3.29. The number of hydrazone groups is 1. The van der Waals surface area contributed by atoms with E-state index in [9.17, 15) is 19.7 Å². The van der Waals surface area contributed by atoms with Crippen molar-refractivity contribution in [1.29, 1.82) is 0 Å². The summed E-state index contributed by atoms with van der Waals surface area (Å²) < 4.78 is 0. The maximum Gasteiger partial charge on any atom is 0.271 e. The number of hydrogen-bond acceptors (Lipinski definition) is 5. The van der Waals surface area contributed by atoms with Gasteiger partial charge in [0.15, 0.2) is 0 Å². The largest absolute Gasteiger partial charge is 0.326 e. The molecule has 0 fully saturated rings. The number of nitro groups is 1. The number of non-ortho nitro benzene ring substituents is 1. The van der Waals surface area contributed by atoms with Crippen LogP contribution in [0.3, 0.4) is 0 Å². The molecule has 0 aliphatic rings. The summed E-state index contributed by atoms with van der Waals surface area (Å²) in [6, 6.07) is 11.9.